The van der Waals surface area contributed by atoms with Crippen LogP contribution < -0.4 is 5.32 Å². The summed E-state index contributed by atoms with van der Waals surface area (Å²) in [6.45, 7) is 7.50. The Bertz CT molecular complexity index is 97.7. The zero-order chi connectivity index (χ0) is 8.10. The van der Waals surface area contributed by atoms with Crippen molar-refractivity contribution in [1.29, 1.82) is 0 Å². The van der Waals surface area contributed by atoms with E-state index in [1.807, 2.05) is 0 Å². The summed E-state index contributed by atoms with van der Waals surface area (Å²) >= 11 is 0. The SMILES string of the molecule is CC(C)OCC1CCNCC1. The van der Waals surface area contributed by atoms with Gasteiger partial charge in [0.25, 0.3) is 0 Å². The van der Waals surface area contributed by atoms with Crippen molar-refractivity contribution in [3.8, 4) is 0 Å². The first kappa shape index (κ1) is 9.01. The van der Waals surface area contributed by atoms with Gasteiger partial charge in [-0.05, 0) is 45.7 Å². The van der Waals surface area contributed by atoms with E-state index in [1.54, 1.807) is 0 Å². The lowest BCUT2D eigenvalue weighted by molar-refractivity contribution is 0.0432. The monoisotopic (exact) mass is 157 g/mol. The summed E-state index contributed by atoms with van der Waals surface area (Å²) in [5, 5.41) is 3.35. The molecule has 0 unspecified atom stereocenters. The third-order valence-electron chi connectivity index (χ3n) is 2.12. The normalized spacial score (nSPS) is 21.0. The maximum atomic E-state index is 5.55. The van der Waals surface area contributed by atoms with E-state index in [0.29, 0.717) is 6.10 Å². The van der Waals surface area contributed by atoms with Crippen molar-refractivity contribution in [2.75, 3.05) is 19.7 Å². The number of nitrogens with one attached hydrogen (secondary N) is 1. The van der Waals surface area contributed by atoms with Crippen molar-refractivity contribution in [1.82, 2.24) is 5.32 Å². The fourth-order valence-corrected chi connectivity index (χ4v) is 1.38. The minimum atomic E-state index is 0.393. The zero-order valence-electron chi connectivity index (χ0n) is 7.60. The van der Waals surface area contributed by atoms with E-state index in [9.17, 15) is 0 Å². The summed E-state index contributed by atoms with van der Waals surface area (Å²) < 4.78 is 5.55. The van der Waals surface area contributed by atoms with Crippen molar-refractivity contribution < 1.29 is 4.74 Å². The van der Waals surface area contributed by atoms with E-state index in [4.69, 9.17) is 4.74 Å². The summed E-state index contributed by atoms with van der Waals surface area (Å²) in [5.74, 6) is 0.804. The first-order valence-corrected chi connectivity index (χ1v) is 4.61. The molecule has 11 heavy (non-hydrogen) atoms. The summed E-state index contributed by atoms with van der Waals surface area (Å²) in [5.41, 5.74) is 0. The van der Waals surface area contributed by atoms with Gasteiger partial charge in [0.05, 0.1) is 6.10 Å². The lowest BCUT2D eigenvalue weighted by Gasteiger charge is -2.23. The maximum absolute atomic E-state index is 5.55. The van der Waals surface area contributed by atoms with Crippen LogP contribution in [0.15, 0.2) is 0 Å². The van der Waals surface area contributed by atoms with Gasteiger partial charge < -0.3 is 10.1 Å². The minimum Gasteiger partial charge on any atom is -0.379 e. The van der Waals surface area contributed by atoms with E-state index in [0.717, 1.165) is 12.5 Å². The third-order valence-corrected chi connectivity index (χ3v) is 2.12. The Kier molecular flexibility index (Phi) is 3.87. The predicted octanol–water partition coefficient (Wildman–Crippen LogP) is 1.41. The zero-order valence-corrected chi connectivity index (χ0v) is 7.60. The molecule has 1 fully saturated rings. The molecule has 1 saturated heterocycles. The quantitative estimate of drug-likeness (QED) is 0.669. The number of hydrogen-bond donors (Lipinski definition) is 1. The molecule has 1 N–H and O–H groups in total. The number of piperidine rings is 1. The van der Waals surface area contributed by atoms with Gasteiger partial charge in [0.1, 0.15) is 0 Å². The first-order chi connectivity index (χ1) is 5.29. The highest BCUT2D eigenvalue weighted by atomic mass is 16.5. The van der Waals surface area contributed by atoms with Gasteiger partial charge >= 0.3 is 0 Å². The molecule has 0 aliphatic carbocycles. The van der Waals surface area contributed by atoms with Gasteiger partial charge in [0.2, 0.25) is 0 Å². The Morgan fingerprint density at radius 2 is 2.00 bits per heavy atom. The van der Waals surface area contributed by atoms with Gasteiger partial charge in [-0.15, -0.1) is 0 Å². The standard InChI is InChI=1S/C9H19NO/c1-8(2)11-7-9-3-5-10-6-4-9/h8-10H,3-7H2,1-2H3. The molecule has 0 aromatic heterocycles. The summed E-state index contributed by atoms with van der Waals surface area (Å²) in [6, 6.07) is 0. The molecule has 0 aromatic rings. The van der Waals surface area contributed by atoms with E-state index in [-0.39, 0.29) is 0 Å². The molecule has 1 rings (SSSR count). The molecular formula is C9H19NO. The molecule has 0 bridgehead atoms. The average Bonchev–Trinajstić information content (AvgIpc) is 2.03. The first-order valence-electron chi connectivity index (χ1n) is 4.61. The molecule has 0 spiro atoms. The van der Waals surface area contributed by atoms with Gasteiger partial charge in [-0.1, -0.05) is 0 Å². The lowest BCUT2D eigenvalue weighted by atomic mass is 9.99. The smallest absolute Gasteiger partial charge is 0.0519 e. The van der Waals surface area contributed by atoms with Crippen LogP contribution in [0.4, 0.5) is 0 Å². The Morgan fingerprint density at radius 3 is 2.55 bits per heavy atom. The lowest BCUT2D eigenvalue weighted by Crippen LogP contribution is -2.30. The second-order valence-electron chi connectivity index (χ2n) is 3.58. The van der Waals surface area contributed by atoms with Crippen LogP contribution in [0.5, 0.6) is 0 Å². The van der Waals surface area contributed by atoms with Gasteiger partial charge in [0, 0.05) is 6.61 Å². The molecule has 0 aromatic carbocycles. The molecule has 0 saturated carbocycles. The van der Waals surface area contributed by atoms with Crippen LogP contribution in [-0.4, -0.2) is 25.8 Å². The number of rotatable bonds is 3. The predicted molar refractivity (Wildman–Crippen MR) is 46.7 cm³/mol. The molecule has 2 heteroatoms. The molecular weight excluding hydrogens is 138 g/mol. The van der Waals surface area contributed by atoms with Crippen LogP contribution in [0.1, 0.15) is 26.7 Å². The van der Waals surface area contributed by atoms with E-state index in [2.05, 4.69) is 19.2 Å². The highest BCUT2D eigenvalue weighted by molar-refractivity contribution is 4.67. The Morgan fingerprint density at radius 1 is 1.36 bits per heavy atom. The highest BCUT2D eigenvalue weighted by Crippen LogP contribution is 2.12. The molecule has 1 aliphatic rings. The molecule has 0 radical (unpaired) electrons. The maximum Gasteiger partial charge on any atom is 0.0519 e. The van der Waals surface area contributed by atoms with E-state index < -0.39 is 0 Å². The van der Waals surface area contributed by atoms with Crippen molar-refractivity contribution >= 4 is 0 Å². The average molecular weight is 157 g/mol. The van der Waals surface area contributed by atoms with Crippen molar-refractivity contribution in [2.24, 2.45) is 5.92 Å². The van der Waals surface area contributed by atoms with Crippen LogP contribution in [0, 0.1) is 5.92 Å². The van der Waals surface area contributed by atoms with E-state index >= 15 is 0 Å². The van der Waals surface area contributed by atoms with Crippen molar-refractivity contribution in [3.63, 3.8) is 0 Å². The Labute approximate surface area is 69.3 Å². The van der Waals surface area contributed by atoms with Crippen LogP contribution in [0.2, 0.25) is 0 Å². The molecule has 1 heterocycles. The van der Waals surface area contributed by atoms with Crippen LogP contribution in [0.3, 0.4) is 0 Å². The minimum absolute atomic E-state index is 0.393. The number of hydrogen-bond acceptors (Lipinski definition) is 2. The summed E-state index contributed by atoms with van der Waals surface area (Å²) in [6.07, 6.45) is 2.96. The Balaban J connectivity index is 2.05. The van der Waals surface area contributed by atoms with Crippen LogP contribution in [-0.2, 0) is 4.74 Å². The van der Waals surface area contributed by atoms with Crippen molar-refractivity contribution in [2.45, 2.75) is 32.8 Å². The second-order valence-corrected chi connectivity index (χ2v) is 3.58. The highest BCUT2D eigenvalue weighted by Gasteiger charge is 2.12. The fourth-order valence-electron chi connectivity index (χ4n) is 1.38. The molecule has 66 valence electrons. The molecule has 0 atom stereocenters. The van der Waals surface area contributed by atoms with Crippen LogP contribution >= 0.6 is 0 Å². The van der Waals surface area contributed by atoms with Crippen LogP contribution in [0.25, 0.3) is 0 Å². The summed E-state index contributed by atoms with van der Waals surface area (Å²) in [7, 11) is 0. The third kappa shape index (κ3) is 3.73. The molecule has 1 aliphatic heterocycles. The van der Waals surface area contributed by atoms with Crippen molar-refractivity contribution in [3.05, 3.63) is 0 Å². The molecule has 0 amide bonds. The topological polar surface area (TPSA) is 21.3 Å². The van der Waals surface area contributed by atoms with Gasteiger partial charge in [-0.3, -0.25) is 0 Å². The Hall–Kier alpha value is -0.0800. The van der Waals surface area contributed by atoms with Gasteiger partial charge in [-0.2, -0.15) is 0 Å². The fraction of sp³-hybridized carbons (Fsp3) is 1.00. The second kappa shape index (κ2) is 4.73. The van der Waals surface area contributed by atoms with E-state index in [1.165, 1.54) is 25.9 Å². The molecule has 2 nitrogen and oxygen atoms in total. The largest absolute Gasteiger partial charge is 0.379 e. The van der Waals surface area contributed by atoms with Gasteiger partial charge in [0.15, 0.2) is 0 Å². The summed E-state index contributed by atoms with van der Waals surface area (Å²) in [4.78, 5) is 0. The van der Waals surface area contributed by atoms with Gasteiger partial charge in [-0.25, -0.2) is 0 Å². The number of ether oxygens (including phenoxy) is 1.